The molecule has 0 aromatic heterocycles. The van der Waals surface area contributed by atoms with Crippen molar-refractivity contribution < 1.29 is 9.53 Å². The first-order chi connectivity index (χ1) is 7.83. The Kier molecular flexibility index (Phi) is 4.08. The maximum atomic E-state index is 11.6. The van der Waals surface area contributed by atoms with Gasteiger partial charge in [-0.1, -0.05) is 32.6 Å². The first kappa shape index (κ1) is 11.7. The Hall–Kier alpha value is -0.730. The number of cyclic esters (lactones) is 1. The summed E-state index contributed by atoms with van der Waals surface area (Å²) in [5.74, 6) is 0. The van der Waals surface area contributed by atoms with Crippen LogP contribution < -0.4 is 0 Å². The molecule has 3 nitrogen and oxygen atoms in total. The van der Waals surface area contributed by atoms with Gasteiger partial charge in [0.2, 0.25) is 0 Å². The van der Waals surface area contributed by atoms with Crippen molar-refractivity contribution in [3.05, 3.63) is 0 Å². The van der Waals surface area contributed by atoms with E-state index in [4.69, 9.17) is 4.74 Å². The minimum Gasteiger partial charge on any atom is -0.447 e. The van der Waals surface area contributed by atoms with Crippen LogP contribution in [0.3, 0.4) is 0 Å². The van der Waals surface area contributed by atoms with E-state index in [-0.39, 0.29) is 6.09 Å². The van der Waals surface area contributed by atoms with E-state index in [0.29, 0.717) is 18.7 Å². The number of ether oxygens (including phenoxy) is 1. The third-order valence-electron chi connectivity index (χ3n) is 3.86. The fraction of sp³-hybridized carbons (Fsp3) is 0.923. The van der Waals surface area contributed by atoms with Gasteiger partial charge in [0.25, 0.3) is 0 Å². The van der Waals surface area contributed by atoms with Crippen molar-refractivity contribution in [3.8, 4) is 0 Å². The summed E-state index contributed by atoms with van der Waals surface area (Å²) in [6.07, 6.45) is 9.84. The van der Waals surface area contributed by atoms with Crippen molar-refractivity contribution >= 4 is 6.09 Å². The molecule has 2 aliphatic heterocycles. The Morgan fingerprint density at radius 1 is 1.31 bits per heavy atom. The van der Waals surface area contributed by atoms with Crippen molar-refractivity contribution in [3.63, 3.8) is 0 Å². The molecule has 1 amide bonds. The highest BCUT2D eigenvalue weighted by Crippen LogP contribution is 2.30. The van der Waals surface area contributed by atoms with Crippen LogP contribution in [0.15, 0.2) is 0 Å². The van der Waals surface area contributed by atoms with Gasteiger partial charge in [0.1, 0.15) is 6.61 Å². The molecule has 0 saturated carbocycles. The van der Waals surface area contributed by atoms with E-state index in [9.17, 15) is 4.79 Å². The number of hydrogen-bond acceptors (Lipinski definition) is 2. The zero-order valence-electron chi connectivity index (χ0n) is 10.3. The maximum Gasteiger partial charge on any atom is 0.410 e. The molecule has 0 aliphatic carbocycles. The molecule has 92 valence electrons. The van der Waals surface area contributed by atoms with Crippen molar-refractivity contribution in [2.24, 2.45) is 0 Å². The Morgan fingerprint density at radius 2 is 2.19 bits per heavy atom. The molecule has 0 N–H and O–H groups in total. The highest BCUT2D eigenvalue weighted by atomic mass is 16.6. The number of amides is 1. The summed E-state index contributed by atoms with van der Waals surface area (Å²) < 4.78 is 5.14. The predicted octanol–water partition coefficient (Wildman–Crippen LogP) is 3.33. The van der Waals surface area contributed by atoms with E-state index < -0.39 is 0 Å². The summed E-state index contributed by atoms with van der Waals surface area (Å²) in [4.78, 5) is 13.6. The van der Waals surface area contributed by atoms with Gasteiger partial charge in [-0.3, -0.25) is 4.90 Å². The van der Waals surface area contributed by atoms with Gasteiger partial charge in [-0.2, -0.15) is 0 Å². The lowest BCUT2D eigenvalue weighted by molar-refractivity contribution is 0.123. The molecule has 0 bridgehead atoms. The average Bonchev–Trinajstić information content (AvgIpc) is 2.68. The third-order valence-corrected chi connectivity index (χ3v) is 3.86. The molecule has 0 radical (unpaired) electrons. The summed E-state index contributed by atoms with van der Waals surface area (Å²) in [7, 11) is 0. The molecule has 2 fully saturated rings. The first-order valence-electron chi connectivity index (χ1n) is 6.78. The van der Waals surface area contributed by atoms with Crippen molar-refractivity contribution in [2.75, 3.05) is 6.61 Å². The van der Waals surface area contributed by atoms with Gasteiger partial charge >= 0.3 is 6.09 Å². The number of carbonyl (C=O) groups is 1. The van der Waals surface area contributed by atoms with Crippen LogP contribution in [0.4, 0.5) is 4.79 Å². The largest absolute Gasteiger partial charge is 0.447 e. The van der Waals surface area contributed by atoms with Crippen LogP contribution in [0.5, 0.6) is 0 Å². The number of piperidine rings is 1. The Morgan fingerprint density at radius 3 is 3.00 bits per heavy atom. The van der Waals surface area contributed by atoms with E-state index in [2.05, 4.69) is 6.92 Å². The molecule has 0 spiro atoms. The van der Waals surface area contributed by atoms with Crippen molar-refractivity contribution in [1.29, 1.82) is 0 Å². The molecule has 0 unspecified atom stereocenters. The number of nitrogens with zero attached hydrogens (tertiary/aromatic N) is 1. The highest BCUT2D eigenvalue weighted by molar-refractivity contribution is 5.70. The zero-order chi connectivity index (χ0) is 11.4. The summed E-state index contributed by atoms with van der Waals surface area (Å²) in [5.41, 5.74) is 0. The van der Waals surface area contributed by atoms with Gasteiger partial charge in [0, 0.05) is 6.04 Å². The molecule has 0 aromatic carbocycles. The quantitative estimate of drug-likeness (QED) is 0.672. The SMILES string of the molecule is CCCCCC[C@H]1CCC[C@@H]2COC(=O)N12. The average molecular weight is 225 g/mol. The summed E-state index contributed by atoms with van der Waals surface area (Å²) in [6, 6.07) is 0.850. The van der Waals surface area contributed by atoms with E-state index in [1.807, 2.05) is 4.90 Å². The van der Waals surface area contributed by atoms with E-state index in [1.54, 1.807) is 0 Å². The van der Waals surface area contributed by atoms with Crippen LogP contribution >= 0.6 is 0 Å². The Bertz CT molecular complexity index is 242. The van der Waals surface area contributed by atoms with Crippen LogP contribution in [-0.4, -0.2) is 29.7 Å². The molecule has 2 saturated heterocycles. The fourth-order valence-corrected chi connectivity index (χ4v) is 2.96. The minimum absolute atomic E-state index is 0.0646. The lowest BCUT2D eigenvalue weighted by Crippen LogP contribution is -2.45. The van der Waals surface area contributed by atoms with Crippen LogP contribution in [-0.2, 0) is 4.74 Å². The molecule has 2 aliphatic rings. The first-order valence-corrected chi connectivity index (χ1v) is 6.78. The predicted molar refractivity (Wildman–Crippen MR) is 63.4 cm³/mol. The lowest BCUT2D eigenvalue weighted by Gasteiger charge is -2.35. The van der Waals surface area contributed by atoms with Crippen LogP contribution in [0.2, 0.25) is 0 Å². The maximum absolute atomic E-state index is 11.6. The molecular weight excluding hydrogens is 202 g/mol. The van der Waals surface area contributed by atoms with Gasteiger partial charge in [0.05, 0.1) is 6.04 Å². The smallest absolute Gasteiger partial charge is 0.410 e. The minimum atomic E-state index is -0.0646. The van der Waals surface area contributed by atoms with Gasteiger partial charge in [-0.15, -0.1) is 0 Å². The van der Waals surface area contributed by atoms with Crippen LogP contribution in [0.25, 0.3) is 0 Å². The number of fused-ring (bicyclic) bond motifs is 1. The number of carbonyl (C=O) groups excluding carboxylic acids is 1. The monoisotopic (exact) mass is 225 g/mol. The van der Waals surface area contributed by atoms with Gasteiger partial charge in [0.15, 0.2) is 0 Å². The number of rotatable bonds is 5. The fourth-order valence-electron chi connectivity index (χ4n) is 2.96. The van der Waals surface area contributed by atoms with Crippen molar-refractivity contribution in [2.45, 2.75) is 70.4 Å². The molecule has 2 rings (SSSR count). The summed E-state index contributed by atoms with van der Waals surface area (Å²) in [5, 5.41) is 0. The molecule has 2 atom stereocenters. The molecule has 2 heterocycles. The van der Waals surface area contributed by atoms with Gasteiger partial charge in [-0.25, -0.2) is 4.79 Å². The Balaban J connectivity index is 1.80. The third kappa shape index (κ3) is 2.50. The van der Waals surface area contributed by atoms with E-state index in [1.165, 1.54) is 44.9 Å². The van der Waals surface area contributed by atoms with Crippen LogP contribution in [0.1, 0.15) is 58.3 Å². The van der Waals surface area contributed by atoms with Crippen LogP contribution in [0, 0.1) is 0 Å². The second-order valence-corrected chi connectivity index (χ2v) is 5.07. The second kappa shape index (κ2) is 5.55. The summed E-state index contributed by atoms with van der Waals surface area (Å²) >= 11 is 0. The van der Waals surface area contributed by atoms with Crippen molar-refractivity contribution in [1.82, 2.24) is 4.90 Å². The Labute approximate surface area is 98.1 Å². The zero-order valence-corrected chi connectivity index (χ0v) is 10.3. The molecule has 3 heteroatoms. The van der Waals surface area contributed by atoms with E-state index >= 15 is 0 Å². The second-order valence-electron chi connectivity index (χ2n) is 5.07. The highest BCUT2D eigenvalue weighted by Gasteiger charge is 2.39. The topological polar surface area (TPSA) is 29.5 Å². The number of hydrogen-bond donors (Lipinski definition) is 0. The van der Waals surface area contributed by atoms with Gasteiger partial charge in [-0.05, 0) is 25.7 Å². The molecular formula is C13H23NO2. The summed E-state index contributed by atoms with van der Waals surface area (Å²) in [6.45, 7) is 2.86. The lowest BCUT2D eigenvalue weighted by atomic mass is 9.93. The molecule has 16 heavy (non-hydrogen) atoms. The standard InChI is InChI=1S/C13H23NO2/c1-2-3-4-5-7-11-8-6-9-12-10-16-13(15)14(11)12/h11-12H,2-10H2,1H3/t11-,12+/m0/s1. The molecule has 0 aromatic rings. The number of unbranched alkanes of at least 4 members (excludes halogenated alkanes) is 3. The van der Waals surface area contributed by atoms with E-state index in [0.717, 1.165) is 6.42 Å². The van der Waals surface area contributed by atoms with Gasteiger partial charge < -0.3 is 4.74 Å². The normalized spacial score (nSPS) is 29.1.